The largest absolute Gasteiger partial charge is 0.493 e. The van der Waals surface area contributed by atoms with Gasteiger partial charge in [0.25, 0.3) is 0 Å². The van der Waals surface area contributed by atoms with Crippen LogP contribution in [0.3, 0.4) is 0 Å². The zero-order valence-electron chi connectivity index (χ0n) is 15.8. The van der Waals surface area contributed by atoms with Crippen LogP contribution in [0.15, 0.2) is 36.7 Å². The van der Waals surface area contributed by atoms with Crippen LogP contribution in [0.1, 0.15) is 58.3 Å². The summed E-state index contributed by atoms with van der Waals surface area (Å²) in [6.45, 7) is 3.81. The Hall–Kier alpha value is -2.10. The molecule has 0 spiro atoms. The minimum atomic E-state index is 0.714. The van der Waals surface area contributed by atoms with Crippen LogP contribution >= 0.6 is 0 Å². The Labute approximate surface area is 157 Å². The van der Waals surface area contributed by atoms with E-state index in [2.05, 4.69) is 16.9 Å². The maximum Gasteiger partial charge on any atom is 0.159 e. The number of benzene rings is 1. The molecule has 0 aliphatic heterocycles. The number of unbranched alkanes of at least 4 members (excludes halogenated alkanes) is 5. The molecule has 1 heterocycles. The average Bonchev–Trinajstić information content (AvgIpc) is 3.51. The predicted molar refractivity (Wildman–Crippen MR) is 105 cm³/mol. The number of ether oxygens (including phenoxy) is 2. The van der Waals surface area contributed by atoms with Crippen LogP contribution in [0.4, 0.5) is 0 Å². The van der Waals surface area contributed by atoms with Crippen molar-refractivity contribution in [1.82, 2.24) is 9.97 Å². The second kappa shape index (κ2) is 10.1. The molecule has 26 heavy (non-hydrogen) atoms. The summed E-state index contributed by atoms with van der Waals surface area (Å²) in [7, 11) is 0. The molecule has 4 nitrogen and oxygen atoms in total. The van der Waals surface area contributed by atoms with Crippen molar-refractivity contribution in [1.29, 1.82) is 0 Å². The molecular weight excluding hydrogens is 324 g/mol. The van der Waals surface area contributed by atoms with Gasteiger partial charge in [0.2, 0.25) is 0 Å². The van der Waals surface area contributed by atoms with Crippen LogP contribution in [-0.2, 0) is 0 Å². The normalized spacial score (nSPS) is 13.6. The van der Waals surface area contributed by atoms with Gasteiger partial charge >= 0.3 is 0 Å². The molecule has 0 unspecified atom stereocenters. The van der Waals surface area contributed by atoms with Crippen molar-refractivity contribution < 1.29 is 9.47 Å². The molecule has 1 aliphatic carbocycles. The number of nitrogens with zero attached hydrogens (tertiary/aromatic N) is 2. The summed E-state index contributed by atoms with van der Waals surface area (Å²) in [5.74, 6) is 3.14. The van der Waals surface area contributed by atoms with Gasteiger partial charge in [0.1, 0.15) is 5.75 Å². The quantitative estimate of drug-likeness (QED) is 0.461. The molecule has 3 rings (SSSR count). The lowest BCUT2D eigenvalue weighted by Gasteiger charge is -2.07. The van der Waals surface area contributed by atoms with Gasteiger partial charge in [-0.3, -0.25) is 0 Å². The van der Waals surface area contributed by atoms with E-state index in [-0.39, 0.29) is 0 Å². The van der Waals surface area contributed by atoms with Crippen LogP contribution in [0.5, 0.6) is 11.5 Å². The van der Waals surface area contributed by atoms with Gasteiger partial charge in [0, 0.05) is 5.56 Å². The first kappa shape index (κ1) is 18.7. The van der Waals surface area contributed by atoms with E-state index in [1.165, 1.54) is 44.9 Å². The topological polar surface area (TPSA) is 44.2 Å². The number of rotatable bonds is 12. The minimum absolute atomic E-state index is 0.714. The lowest BCUT2D eigenvalue weighted by Crippen LogP contribution is -2.00. The van der Waals surface area contributed by atoms with E-state index in [1.807, 2.05) is 24.3 Å². The highest BCUT2D eigenvalue weighted by Gasteiger charge is 2.21. The summed E-state index contributed by atoms with van der Waals surface area (Å²) >= 11 is 0. The van der Waals surface area contributed by atoms with E-state index in [9.17, 15) is 0 Å². The smallest absolute Gasteiger partial charge is 0.159 e. The molecule has 0 N–H and O–H groups in total. The molecule has 1 saturated carbocycles. The van der Waals surface area contributed by atoms with Crippen molar-refractivity contribution in [3.63, 3.8) is 0 Å². The van der Waals surface area contributed by atoms with Gasteiger partial charge < -0.3 is 9.47 Å². The highest BCUT2D eigenvalue weighted by atomic mass is 16.5. The Morgan fingerprint density at radius 1 is 0.846 bits per heavy atom. The van der Waals surface area contributed by atoms with E-state index in [4.69, 9.17) is 9.47 Å². The van der Waals surface area contributed by atoms with Crippen molar-refractivity contribution >= 4 is 0 Å². The summed E-state index contributed by atoms with van der Waals surface area (Å²) in [6.07, 6.45) is 13.7. The fraction of sp³-hybridized carbons (Fsp3) is 0.545. The summed E-state index contributed by atoms with van der Waals surface area (Å²) in [6, 6.07) is 8.00. The molecule has 1 aromatic heterocycles. The first-order chi connectivity index (χ1) is 12.8. The van der Waals surface area contributed by atoms with Crippen molar-refractivity contribution in [2.24, 2.45) is 5.92 Å². The molecule has 0 amide bonds. The Morgan fingerprint density at radius 2 is 1.54 bits per heavy atom. The Morgan fingerprint density at radius 3 is 2.23 bits per heavy atom. The predicted octanol–water partition coefficient (Wildman–Crippen LogP) is 5.67. The van der Waals surface area contributed by atoms with Gasteiger partial charge in [0.15, 0.2) is 11.6 Å². The minimum Gasteiger partial charge on any atom is -0.493 e. The number of hydrogen-bond donors (Lipinski definition) is 0. The van der Waals surface area contributed by atoms with Crippen molar-refractivity contribution in [3.8, 4) is 22.9 Å². The highest BCUT2D eigenvalue weighted by molar-refractivity contribution is 5.56. The highest BCUT2D eigenvalue weighted by Crippen LogP contribution is 2.30. The molecule has 2 aromatic rings. The van der Waals surface area contributed by atoms with Crippen molar-refractivity contribution in [3.05, 3.63) is 36.7 Å². The zero-order valence-corrected chi connectivity index (χ0v) is 15.8. The van der Waals surface area contributed by atoms with Gasteiger partial charge in [-0.25, -0.2) is 9.97 Å². The Balaban J connectivity index is 1.40. The van der Waals surface area contributed by atoms with E-state index >= 15 is 0 Å². The number of aromatic nitrogens is 2. The molecule has 0 saturated heterocycles. The second-order valence-electron chi connectivity index (χ2n) is 7.14. The van der Waals surface area contributed by atoms with E-state index in [1.54, 1.807) is 12.4 Å². The van der Waals surface area contributed by atoms with Crippen molar-refractivity contribution in [2.75, 3.05) is 13.2 Å². The van der Waals surface area contributed by atoms with Crippen molar-refractivity contribution in [2.45, 2.75) is 58.3 Å². The van der Waals surface area contributed by atoms with E-state index in [0.717, 1.165) is 42.6 Å². The first-order valence-corrected chi connectivity index (χ1v) is 10.0. The van der Waals surface area contributed by atoms with Gasteiger partial charge in [-0.1, -0.05) is 39.0 Å². The Kier molecular flexibility index (Phi) is 7.29. The van der Waals surface area contributed by atoms with Crippen LogP contribution in [0.25, 0.3) is 11.4 Å². The van der Waals surface area contributed by atoms with Crippen LogP contribution < -0.4 is 9.47 Å². The fourth-order valence-electron chi connectivity index (χ4n) is 2.81. The SMILES string of the molecule is CCCCCCCCOc1cnc(-c2ccc(OCC3CC3)cc2)nc1. The second-order valence-corrected chi connectivity index (χ2v) is 7.14. The van der Waals surface area contributed by atoms with Crippen LogP contribution in [0, 0.1) is 5.92 Å². The maximum atomic E-state index is 5.76. The Bertz CT molecular complexity index is 636. The fourth-order valence-corrected chi connectivity index (χ4v) is 2.81. The summed E-state index contributed by atoms with van der Waals surface area (Å²) < 4.78 is 11.5. The average molecular weight is 354 g/mol. The third kappa shape index (κ3) is 6.32. The third-order valence-electron chi connectivity index (χ3n) is 4.69. The molecule has 1 fully saturated rings. The zero-order chi connectivity index (χ0) is 18.0. The van der Waals surface area contributed by atoms with Crippen LogP contribution in [-0.4, -0.2) is 23.2 Å². The molecular formula is C22H30N2O2. The monoisotopic (exact) mass is 354 g/mol. The summed E-state index contributed by atoms with van der Waals surface area (Å²) in [4.78, 5) is 8.85. The van der Waals surface area contributed by atoms with E-state index in [0.29, 0.717) is 5.82 Å². The summed E-state index contributed by atoms with van der Waals surface area (Å²) in [5.41, 5.74) is 0.992. The standard InChI is InChI=1S/C22H30N2O2/c1-2-3-4-5-6-7-14-25-21-15-23-22(24-16-21)19-10-12-20(13-11-19)26-17-18-8-9-18/h10-13,15-16,18H,2-9,14,17H2,1H3. The maximum absolute atomic E-state index is 5.76. The number of hydrogen-bond acceptors (Lipinski definition) is 4. The molecule has 1 aromatic carbocycles. The molecule has 4 heteroatoms. The first-order valence-electron chi connectivity index (χ1n) is 10.0. The van der Waals surface area contributed by atoms with Gasteiger partial charge in [0.05, 0.1) is 25.6 Å². The lowest BCUT2D eigenvalue weighted by atomic mass is 10.1. The summed E-state index contributed by atoms with van der Waals surface area (Å²) in [5, 5.41) is 0. The molecule has 140 valence electrons. The van der Waals surface area contributed by atoms with Gasteiger partial charge in [-0.05, 0) is 49.4 Å². The van der Waals surface area contributed by atoms with Crippen LogP contribution in [0.2, 0.25) is 0 Å². The molecule has 0 bridgehead atoms. The third-order valence-corrected chi connectivity index (χ3v) is 4.69. The molecule has 0 atom stereocenters. The lowest BCUT2D eigenvalue weighted by molar-refractivity contribution is 0.300. The van der Waals surface area contributed by atoms with Gasteiger partial charge in [-0.15, -0.1) is 0 Å². The molecule has 1 aliphatic rings. The van der Waals surface area contributed by atoms with Gasteiger partial charge in [-0.2, -0.15) is 0 Å². The van der Waals surface area contributed by atoms with E-state index < -0.39 is 0 Å². The molecule has 0 radical (unpaired) electrons.